The Kier molecular flexibility index (Phi) is 6.73. The molecular formula is C17H27NO2. The molecule has 1 atom stereocenters. The van der Waals surface area contributed by atoms with Crippen LogP contribution in [-0.4, -0.2) is 35.6 Å². The standard InChI is InChI=1S/C17H27NO2/c1-13(2)10-18(11-14(3)4)12-16(17(19)20)15-8-6-5-7-9-15/h5-9,13-14,16H,10-12H2,1-4H3,(H,19,20). The fourth-order valence-corrected chi connectivity index (χ4v) is 2.53. The van der Waals surface area contributed by atoms with E-state index in [4.69, 9.17) is 0 Å². The lowest BCUT2D eigenvalue weighted by Crippen LogP contribution is -2.37. The van der Waals surface area contributed by atoms with Crippen LogP contribution in [0.2, 0.25) is 0 Å². The van der Waals surface area contributed by atoms with Crippen LogP contribution >= 0.6 is 0 Å². The average Bonchev–Trinajstić information content (AvgIpc) is 2.35. The molecule has 0 aliphatic carbocycles. The van der Waals surface area contributed by atoms with E-state index in [-0.39, 0.29) is 0 Å². The van der Waals surface area contributed by atoms with Gasteiger partial charge in [0, 0.05) is 19.6 Å². The minimum Gasteiger partial charge on any atom is -0.481 e. The van der Waals surface area contributed by atoms with Crippen LogP contribution < -0.4 is 0 Å². The van der Waals surface area contributed by atoms with Crippen LogP contribution in [0.3, 0.4) is 0 Å². The maximum Gasteiger partial charge on any atom is 0.312 e. The average molecular weight is 277 g/mol. The van der Waals surface area contributed by atoms with Crippen molar-refractivity contribution in [1.82, 2.24) is 4.90 Å². The summed E-state index contributed by atoms with van der Waals surface area (Å²) >= 11 is 0. The quantitative estimate of drug-likeness (QED) is 0.791. The largest absolute Gasteiger partial charge is 0.481 e. The Balaban J connectivity index is 2.83. The maximum atomic E-state index is 11.6. The van der Waals surface area contributed by atoms with Gasteiger partial charge < -0.3 is 10.0 Å². The van der Waals surface area contributed by atoms with Crippen molar-refractivity contribution in [3.63, 3.8) is 0 Å². The van der Waals surface area contributed by atoms with Crippen LogP contribution in [0.5, 0.6) is 0 Å². The zero-order valence-electron chi connectivity index (χ0n) is 13.0. The van der Waals surface area contributed by atoms with Gasteiger partial charge in [0.2, 0.25) is 0 Å². The molecular weight excluding hydrogens is 250 g/mol. The lowest BCUT2D eigenvalue weighted by molar-refractivity contribution is -0.139. The van der Waals surface area contributed by atoms with Gasteiger partial charge in [0.1, 0.15) is 0 Å². The molecule has 1 aromatic carbocycles. The van der Waals surface area contributed by atoms with Gasteiger partial charge in [-0.25, -0.2) is 0 Å². The molecule has 1 rings (SSSR count). The Bertz CT molecular complexity index is 391. The van der Waals surface area contributed by atoms with Gasteiger partial charge in [0.15, 0.2) is 0 Å². The molecule has 0 saturated heterocycles. The van der Waals surface area contributed by atoms with Gasteiger partial charge in [0.25, 0.3) is 0 Å². The molecule has 0 radical (unpaired) electrons. The third-order valence-corrected chi connectivity index (χ3v) is 3.19. The molecule has 0 spiro atoms. The number of rotatable bonds is 8. The highest BCUT2D eigenvalue weighted by Gasteiger charge is 2.23. The molecule has 3 nitrogen and oxygen atoms in total. The molecule has 0 aromatic heterocycles. The van der Waals surface area contributed by atoms with Gasteiger partial charge in [-0.2, -0.15) is 0 Å². The first-order valence-corrected chi connectivity index (χ1v) is 7.40. The summed E-state index contributed by atoms with van der Waals surface area (Å²) in [6.45, 7) is 11.1. The topological polar surface area (TPSA) is 40.5 Å². The summed E-state index contributed by atoms with van der Waals surface area (Å²) in [5, 5.41) is 9.52. The first-order chi connectivity index (χ1) is 9.40. The third-order valence-electron chi connectivity index (χ3n) is 3.19. The molecule has 112 valence electrons. The summed E-state index contributed by atoms with van der Waals surface area (Å²) in [7, 11) is 0. The van der Waals surface area contributed by atoms with E-state index in [2.05, 4.69) is 32.6 Å². The summed E-state index contributed by atoms with van der Waals surface area (Å²) in [6.07, 6.45) is 0. The number of hydrogen-bond donors (Lipinski definition) is 1. The van der Waals surface area contributed by atoms with E-state index < -0.39 is 11.9 Å². The van der Waals surface area contributed by atoms with Crippen molar-refractivity contribution < 1.29 is 9.90 Å². The minimum atomic E-state index is -0.742. The van der Waals surface area contributed by atoms with Gasteiger partial charge in [-0.15, -0.1) is 0 Å². The first-order valence-electron chi connectivity index (χ1n) is 7.40. The van der Waals surface area contributed by atoms with Crippen molar-refractivity contribution in [1.29, 1.82) is 0 Å². The van der Waals surface area contributed by atoms with Gasteiger partial charge >= 0.3 is 5.97 Å². The number of aliphatic carboxylic acids is 1. The number of benzene rings is 1. The van der Waals surface area contributed by atoms with E-state index in [1.165, 1.54) is 0 Å². The predicted molar refractivity (Wildman–Crippen MR) is 82.9 cm³/mol. The highest BCUT2D eigenvalue weighted by molar-refractivity contribution is 5.76. The van der Waals surface area contributed by atoms with Crippen molar-refractivity contribution in [2.75, 3.05) is 19.6 Å². The van der Waals surface area contributed by atoms with Crippen LogP contribution in [-0.2, 0) is 4.79 Å². The maximum absolute atomic E-state index is 11.6. The molecule has 20 heavy (non-hydrogen) atoms. The smallest absolute Gasteiger partial charge is 0.312 e. The van der Waals surface area contributed by atoms with E-state index in [1.54, 1.807) is 0 Å². The predicted octanol–water partition coefficient (Wildman–Crippen LogP) is 3.47. The van der Waals surface area contributed by atoms with E-state index in [0.29, 0.717) is 18.4 Å². The van der Waals surface area contributed by atoms with Crippen LogP contribution in [0.25, 0.3) is 0 Å². The number of carboxylic acid groups (broad SMARTS) is 1. The Morgan fingerprint density at radius 1 is 1.00 bits per heavy atom. The van der Waals surface area contributed by atoms with Crippen molar-refractivity contribution in [2.24, 2.45) is 11.8 Å². The van der Waals surface area contributed by atoms with Gasteiger partial charge in [0.05, 0.1) is 5.92 Å². The van der Waals surface area contributed by atoms with Gasteiger partial charge in [-0.3, -0.25) is 4.79 Å². The highest BCUT2D eigenvalue weighted by Crippen LogP contribution is 2.19. The molecule has 0 saturated carbocycles. The summed E-state index contributed by atoms with van der Waals surface area (Å²) in [4.78, 5) is 13.9. The van der Waals surface area contributed by atoms with E-state index >= 15 is 0 Å². The lowest BCUT2D eigenvalue weighted by atomic mass is 9.97. The fraction of sp³-hybridized carbons (Fsp3) is 0.588. The van der Waals surface area contributed by atoms with Crippen LogP contribution in [0.1, 0.15) is 39.2 Å². The SMILES string of the molecule is CC(C)CN(CC(C)C)CC(C(=O)O)c1ccccc1. The Labute approximate surface area is 122 Å². The monoisotopic (exact) mass is 277 g/mol. The Morgan fingerprint density at radius 2 is 1.50 bits per heavy atom. The summed E-state index contributed by atoms with van der Waals surface area (Å²) in [6, 6.07) is 9.53. The second-order valence-electron chi connectivity index (χ2n) is 6.31. The minimum absolute atomic E-state index is 0.450. The highest BCUT2D eigenvalue weighted by atomic mass is 16.4. The summed E-state index contributed by atoms with van der Waals surface area (Å²) in [5.41, 5.74) is 0.887. The lowest BCUT2D eigenvalue weighted by Gasteiger charge is -2.28. The molecule has 0 fully saturated rings. The molecule has 0 amide bonds. The second kappa shape index (κ2) is 8.05. The van der Waals surface area contributed by atoms with E-state index in [0.717, 1.165) is 18.7 Å². The molecule has 0 bridgehead atoms. The fourth-order valence-electron chi connectivity index (χ4n) is 2.53. The van der Waals surface area contributed by atoms with Crippen LogP contribution in [0, 0.1) is 11.8 Å². The van der Waals surface area contributed by atoms with Crippen LogP contribution in [0.15, 0.2) is 30.3 Å². The second-order valence-corrected chi connectivity index (χ2v) is 6.31. The summed E-state index contributed by atoms with van der Waals surface area (Å²) in [5.74, 6) is -0.111. The van der Waals surface area contributed by atoms with Gasteiger partial charge in [-0.1, -0.05) is 58.0 Å². The van der Waals surface area contributed by atoms with Crippen molar-refractivity contribution >= 4 is 5.97 Å². The summed E-state index contributed by atoms with van der Waals surface area (Å²) < 4.78 is 0. The zero-order valence-corrected chi connectivity index (χ0v) is 13.0. The Hall–Kier alpha value is -1.35. The van der Waals surface area contributed by atoms with Crippen molar-refractivity contribution in [2.45, 2.75) is 33.6 Å². The van der Waals surface area contributed by atoms with E-state index in [9.17, 15) is 9.90 Å². The molecule has 3 heteroatoms. The normalized spacial score (nSPS) is 13.2. The first kappa shape index (κ1) is 16.7. The number of nitrogens with zero attached hydrogens (tertiary/aromatic N) is 1. The molecule has 1 N–H and O–H groups in total. The van der Waals surface area contributed by atoms with E-state index in [1.807, 2.05) is 30.3 Å². The molecule has 0 heterocycles. The van der Waals surface area contributed by atoms with Crippen LogP contribution in [0.4, 0.5) is 0 Å². The molecule has 1 unspecified atom stereocenters. The zero-order chi connectivity index (χ0) is 15.1. The third kappa shape index (κ3) is 5.74. The number of carboxylic acids is 1. The van der Waals surface area contributed by atoms with Gasteiger partial charge in [-0.05, 0) is 17.4 Å². The number of hydrogen-bond acceptors (Lipinski definition) is 2. The van der Waals surface area contributed by atoms with Crippen molar-refractivity contribution in [3.8, 4) is 0 Å². The number of carbonyl (C=O) groups is 1. The van der Waals surface area contributed by atoms with Crippen molar-refractivity contribution in [3.05, 3.63) is 35.9 Å². The molecule has 1 aromatic rings. The molecule has 0 aliphatic rings. The Morgan fingerprint density at radius 3 is 1.90 bits per heavy atom. The molecule has 0 aliphatic heterocycles.